The van der Waals surface area contributed by atoms with Crippen LogP contribution >= 0.6 is 0 Å². The molecule has 0 radical (unpaired) electrons. The van der Waals surface area contributed by atoms with Gasteiger partial charge in [-0.3, -0.25) is 0 Å². The Morgan fingerprint density at radius 2 is 2.15 bits per heavy atom. The van der Waals surface area contributed by atoms with E-state index in [1.807, 2.05) is 0 Å². The standard InChI is InChI=1S/C15H18O5/c1-10-6-7-19-9-14(10)20-13-8-11(15(16)18-3)4-5-12(13)17-2/h4-5,8,14H,1,6-7,9H2,2-3H3. The van der Waals surface area contributed by atoms with Crippen LogP contribution < -0.4 is 9.47 Å². The highest BCUT2D eigenvalue weighted by Crippen LogP contribution is 2.31. The monoisotopic (exact) mass is 278 g/mol. The summed E-state index contributed by atoms with van der Waals surface area (Å²) in [5.41, 5.74) is 1.38. The average molecular weight is 278 g/mol. The Kier molecular flexibility index (Phi) is 4.63. The van der Waals surface area contributed by atoms with Gasteiger partial charge >= 0.3 is 5.97 Å². The molecule has 1 saturated heterocycles. The molecule has 0 aromatic heterocycles. The fraction of sp³-hybridized carbons (Fsp3) is 0.400. The van der Waals surface area contributed by atoms with Gasteiger partial charge < -0.3 is 18.9 Å². The van der Waals surface area contributed by atoms with Crippen LogP contribution in [0.25, 0.3) is 0 Å². The van der Waals surface area contributed by atoms with Crippen LogP contribution in [-0.4, -0.2) is 39.5 Å². The molecule has 0 bridgehead atoms. The highest BCUT2D eigenvalue weighted by Gasteiger charge is 2.21. The molecule has 0 aliphatic carbocycles. The lowest BCUT2D eigenvalue weighted by Crippen LogP contribution is -2.30. The third kappa shape index (κ3) is 3.11. The van der Waals surface area contributed by atoms with Crippen LogP contribution in [0.3, 0.4) is 0 Å². The van der Waals surface area contributed by atoms with Crippen LogP contribution in [0.2, 0.25) is 0 Å². The number of esters is 1. The first-order chi connectivity index (χ1) is 9.65. The number of hydrogen-bond acceptors (Lipinski definition) is 5. The number of hydrogen-bond donors (Lipinski definition) is 0. The molecule has 20 heavy (non-hydrogen) atoms. The van der Waals surface area contributed by atoms with Crippen LogP contribution in [0.15, 0.2) is 30.4 Å². The molecule has 1 aliphatic heterocycles. The van der Waals surface area contributed by atoms with E-state index >= 15 is 0 Å². The van der Waals surface area contributed by atoms with Gasteiger partial charge in [0.2, 0.25) is 0 Å². The number of carbonyl (C=O) groups excluding carboxylic acids is 1. The molecule has 0 N–H and O–H groups in total. The second kappa shape index (κ2) is 6.43. The molecule has 0 spiro atoms. The van der Waals surface area contributed by atoms with E-state index in [0.717, 1.165) is 12.0 Å². The molecule has 1 aromatic rings. The summed E-state index contributed by atoms with van der Waals surface area (Å²) in [6, 6.07) is 4.91. The smallest absolute Gasteiger partial charge is 0.337 e. The van der Waals surface area contributed by atoms with Crippen LogP contribution in [-0.2, 0) is 9.47 Å². The molecule has 1 aromatic carbocycles. The molecule has 0 saturated carbocycles. The van der Waals surface area contributed by atoms with Gasteiger partial charge in [-0.05, 0) is 30.2 Å². The Bertz CT molecular complexity index is 509. The van der Waals surface area contributed by atoms with Crippen molar-refractivity contribution >= 4 is 5.97 Å². The molecule has 108 valence electrons. The van der Waals surface area contributed by atoms with Crippen LogP contribution in [0.5, 0.6) is 11.5 Å². The summed E-state index contributed by atoms with van der Waals surface area (Å²) < 4.78 is 21.2. The van der Waals surface area contributed by atoms with E-state index in [9.17, 15) is 4.79 Å². The van der Waals surface area contributed by atoms with Gasteiger partial charge in [0.15, 0.2) is 11.5 Å². The van der Waals surface area contributed by atoms with Gasteiger partial charge in [-0.1, -0.05) is 6.58 Å². The molecule has 2 rings (SSSR count). The number of methoxy groups -OCH3 is 2. The Morgan fingerprint density at radius 3 is 2.80 bits per heavy atom. The van der Waals surface area contributed by atoms with Gasteiger partial charge in [0.1, 0.15) is 6.10 Å². The molecule has 5 nitrogen and oxygen atoms in total. The minimum atomic E-state index is -0.420. The van der Waals surface area contributed by atoms with Crippen molar-refractivity contribution in [1.82, 2.24) is 0 Å². The highest BCUT2D eigenvalue weighted by molar-refractivity contribution is 5.90. The first-order valence-electron chi connectivity index (χ1n) is 6.34. The summed E-state index contributed by atoms with van der Waals surface area (Å²) in [4.78, 5) is 11.6. The zero-order valence-corrected chi connectivity index (χ0v) is 11.7. The molecular weight excluding hydrogens is 260 g/mol. The molecule has 0 amide bonds. The third-order valence-electron chi connectivity index (χ3n) is 3.15. The molecule has 1 heterocycles. The van der Waals surface area contributed by atoms with Crippen molar-refractivity contribution in [2.75, 3.05) is 27.4 Å². The Morgan fingerprint density at radius 1 is 1.35 bits per heavy atom. The Balaban J connectivity index is 2.23. The molecule has 1 aliphatic rings. The van der Waals surface area contributed by atoms with Crippen molar-refractivity contribution < 1.29 is 23.7 Å². The van der Waals surface area contributed by atoms with Gasteiger partial charge in [0.25, 0.3) is 0 Å². The quantitative estimate of drug-likeness (QED) is 0.624. The lowest BCUT2D eigenvalue weighted by Gasteiger charge is -2.26. The SMILES string of the molecule is C=C1CCOCC1Oc1cc(C(=O)OC)ccc1OC. The van der Waals surface area contributed by atoms with E-state index in [1.165, 1.54) is 7.11 Å². The van der Waals surface area contributed by atoms with Gasteiger partial charge in [-0.25, -0.2) is 4.79 Å². The van der Waals surface area contributed by atoms with Crippen molar-refractivity contribution in [3.63, 3.8) is 0 Å². The van der Waals surface area contributed by atoms with Crippen LogP contribution in [0, 0.1) is 0 Å². The van der Waals surface area contributed by atoms with Crippen molar-refractivity contribution in [3.8, 4) is 11.5 Å². The Hall–Kier alpha value is -2.01. The van der Waals surface area contributed by atoms with Gasteiger partial charge in [0.05, 0.1) is 33.0 Å². The zero-order valence-electron chi connectivity index (χ0n) is 11.7. The topological polar surface area (TPSA) is 54.0 Å². The predicted octanol–water partition coefficient (Wildman–Crippen LogP) is 2.21. The van der Waals surface area contributed by atoms with E-state index in [4.69, 9.17) is 18.9 Å². The maximum Gasteiger partial charge on any atom is 0.337 e. The Labute approximate surface area is 118 Å². The van der Waals surface area contributed by atoms with Crippen molar-refractivity contribution in [2.24, 2.45) is 0 Å². The first kappa shape index (κ1) is 14.4. The van der Waals surface area contributed by atoms with Crippen molar-refractivity contribution in [1.29, 1.82) is 0 Å². The summed E-state index contributed by atoms with van der Waals surface area (Å²) in [5, 5.41) is 0. The average Bonchev–Trinajstić information content (AvgIpc) is 2.48. The van der Waals surface area contributed by atoms with Crippen LogP contribution in [0.1, 0.15) is 16.8 Å². The molecular formula is C15H18O5. The fourth-order valence-corrected chi connectivity index (χ4v) is 1.96. The summed E-state index contributed by atoms with van der Waals surface area (Å²) >= 11 is 0. The van der Waals surface area contributed by atoms with E-state index in [-0.39, 0.29) is 6.10 Å². The normalized spacial score (nSPS) is 18.5. The van der Waals surface area contributed by atoms with Gasteiger partial charge in [0, 0.05) is 0 Å². The van der Waals surface area contributed by atoms with E-state index < -0.39 is 5.97 Å². The summed E-state index contributed by atoms with van der Waals surface area (Å²) in [6.07, 6.45) is 0.537. The second-order valence-corrected chi connectivity index (χ2v) is 4.45. The van der Waals surface area contributed by atoms with Crippen LogP contribution in [0.4, 0.5) is 0 Å². The largest absolute Gasteiger partial charge is 0.493 e. The summed E-state index contributed by atoms with van der Waals surface area (Å²) in [6.45, 7) is 5.10. The van der Waals surface area contributed by atoms with E-state index in [0.29, 0.717) is 30.3 Å². The summed E-state index contributed by atoms with van der Waals surface area (Å²) in [5.74, 6) is 0.610. The predicted molar refractivity (Wildman–Crippen MR) is 73.3 cm³/mol. The maximum absolute atomic E-state index is 11.6. The molecule has 1 atom stereocenters. The molecule has 1 fully saturated rings. The molecule has 1 unspecified atom stereocenters. The lowest BCUT2D eigenvalue weighted by molar-refractivity contribution is 0.0386. The van der Waals surface area contributed by atoms with Gasteiger partial charge in [-0.15, -0.1) is 0 Å². The van der Waals surface area contributed by atoms with E-state index in [2.05, 4.69) is 6.58 Å². The number of carbonyl (C=O) groups is 1. The number of ether oxygens (including phenoxy) is 4. The second-order valence-electron chi connectivity index (χ2n) is 4.45. The number of rotatable bonds is 4. The third-order valence-corrected chi connectivity index (χ3v) is 3.15. The zero-order chi connectivity index (χ0) is 14.5. The minimum absolute atomic E-state index is 0.231. The first-order valence-corrected chi connectivity index (χ1v) is 6.34. The van der Waals surface area contributed by atoms with Crippen molar-refractivity contribution in [3.05, 3.63) is 35.9 Å². The highest BCUT2D eigenvalue weighted by atomic mass is 16.6. The molecule has 5 heteroatoms. The number of benzene rings is 1. The summed E-state index contributed by atoms with van der Waals surface area (Å²) in [7, 11) is 2.89. The maximum atomic E-state index is 11.6. The minimum Gasteiger partial charge on any atom is -0.493 e. The fourth-order valence-electron chi connectivity index (χ4n) is 1.96. The van der Waals surface area contributed by atoms with E-state index in [1.54, 1.807) is 25.3 Å². The van der Waals surface area contributed by atoms with Crippen molar-refractivity contribution in [2.45, 2.75) is 12.5 Å². The lowest BCUT2D eigenvalue weighted by atomic mass is 10.1. The van der Waals surface area contributed by atoms with Gasteiger partial charge in [-0.2, -0.15) is 0 Å².